The van der Waals surface area contributed by atoms with Crippen molar-refractivity contribution < 1.29 is 0 Å². The Kier molecular flexibility index (Phi) is 1.73. The Bertz CT molecular complexity index is 359. The topological polar surface area (TPSA) is 16.1 Å². The van der Waals surface area contributed by atoms with Gasteiger partial charge in [0.15, 0.2) is 5.13 Å². The van der Waals surface area contributed by atoms with Crippen molar-refractivity contribution in [2.24, 2.45) is 0 Å². The summed E-state index contributed by atoms with van der Waals surface area (Å²) in [6.07, 6.45) is 0. The SMILES string of the molecule is CN(C)c1nc2ccccc2s1. The largest absolute Gasteiger partial charge is 0.354 e. The molecule has 0 spiro atoms. The van der Waals surface area contributed by atoms with E-state index >= 15 is 0 Å². The minimum Gasteiger partial charge on any atom is -0.354 e. The fourth-order valence-corrected chi connectivity index (χ4v) is 1.94. The predicted octanol–water partition coefficient (Wildman–Crippen LogP) is 2.36. The monoisotopic (exact) mass is 178 g/mol. The van der Waals surface area contributed by atoms with Crippen molar-refractivity contribution in [2.45, 2.75) is 0 Å². The zero-order valence-electron chi connectivity index (χ0n) is 7.11. The molecule has 0 saturated carbocycles. The molecule has 0 amide bonds. The third kappa shape index (κ3) is 1.16. The van der Waals surface area contributed by atoms with Crippen molar-refractivity contribution in [1.82, 2.24) is 4.98 Å². The van der Waals surface area contributed by atoms with Gasteiger partial charge in [-0.15, -0.1) is 0 Å². The summed E-state index contributed by atoms with van der Waals surface area (Å²) in [4.78, 5) is 6.49. The first-order valence-electron chi connectivity index (χ1n) is 3.80. The van der Waals surface area contributed by atoms with Gasteiger partial charge in [-0.05, 0) is 12.1 Å². The third-order valence-electron chi connectivity index (χ3n) is 1.67. The Hall–Kier alpha value is -1.09. The minimum atomic E-state index is 1.07. The van der Waals surface area contributed by atoms with Gasteiger partial charge in [0.05, 0.1) is 10.2 Å². The van der Waals surface area contributed by atoms with Gasteiger partial charge in [-0.1, -0.05) is 23.5 Å². The van der Waals surface area contributed by atoms with E-state index in [-0.39, 0.29) is 0 Å². The fraction of sp³-hybridized carbons (Fsp3) is 0.222. The summed E-state index contributed by atoms with van der Waals surface area (Å²) in [6, 6.07) is 8.19. The highest BCUT2D eigenvalue weighted by Crippen LogP contribution is 2.26. The minimum absolute atomic E-state index is 1.07. The molecular weight excluding hydrogens is 168 g/mol. The van der Waals surface area contributed by atoms with Crippen molar-refractivity contribution in [3.8, 4) is 0 Å². The molecule has 0 unspecified atom stereocenters. The van der Waals surface area contributed by atoms with Gasteiger partial charge in [-0.2, -0.15) is 0 Å². The molecule has 1 aromatic carbocycles. The fourth-order valence-electron chi connectivity index (χ4n) is 1.05. The molecule has 2 rings (SSSR count). The molecule has 0 aliphatic rings. The molecule has 0 atom stereocenters. The molecule has 3 heteroatoms. The average molecular weight is 178 g/mol. The molecule has 0 radical (unpaired) electrons. The Morgan fingerprint density at radius 2 is 2.00 bits per heavy atom. The van der Waals surface area contributed by atoms with Crippen LogP contribution in [0.3, 0.4) is 0 Å². The van der Waals surface area contributed by atoms with E-state index < -0.39 is 0 Å². The molecule has 1 heterocycles. The summed E-state index contributed by atoms with van der Waals surface area (Å²) in [5, 5.41) is 1.07. The van der Waals surface area contributed by atoms with Crippen LogP contribution in [0.25, 0.3) is 10.2 Å². The molecule has 62 valence electrons. The first-order chi connectivity index (χ1) is 5.77. The second-order valence-corrected chi connectivity index (χ2v) is 3.87. The maximum Gasteiger partial charge on any atom is 0.185 e. The molecule has 0 aliphatic carbocycles. The lowest BCUT2D eigenvalue weighted by atomic mass is 10.3. The van der Waals surface area contributed by atoms with Crippen molar-refractivity contribution in [3.63, 3.8) is 0 Å². The summed E-state index contributed by atoms with van der Waals surface area (Å²) < 4.78 is 1.25. The maximum absolute atomic E-state index is 4.46. The number of anilines is 1. The normalized spacial score (nSPS) is 10.5. The number of thiazole rings is 1. The Balaban J connectivity index is 2.62. The average Bonchev–Trinajstić information content (AvgIpc) is 2.46. The van der Waals surface area contributed by atoms with E-state index in [0.717, 1.165) is 10.6 Å². The van der Waals surface area contributed by atoms with Crippen LogP contribution in [0.15, 0.2) is 24.3 Å². The number of benzene rings is 1. The smallest absolute Gasteiger partial charge is 0.185 e. The summed E-state index contributed by atoms with van der Waals surface area (Å²) in [7, 11) is 4.02. The molecule has 0 bridgehead atoms. The number of fused-ring (bicyclic) bond motifs is 1. The van der Waals surface area contributed by atoms with Gasteiger partial charge >= 0.3 is 0 Å². The lowest BCUT2D eigenvalue weighted by Crippen LogP contribution is -2.07. The molecule has 12 heavy (non-hydrogen) atoms. The van der Waals surface area contributed by atoms with Crippen LogP contribution in [0.1, 0.15) is 0 Å². The standard InChI is InChI=1S/C9H10N2S/c1-11(2)9-10-7-5-3-4-6-8(7)12-9/h3-6H,1-2H3. The van der Waals surface area contributed by atoms with Gasteiger partial charge < -0.3 is 4.90 Å². The van der Waals surface area contributed by atoms with E-state index in [2.05, 4.69) is 11.1 Å². The zero-order chi connectivity index (χ0) is 8.55. The quantitative estimate of drug-likeness (QED) is 0.666. The molecular formula is C9H10N2S. The van der Waals surface area contributed by atoms with E-state index in [4.69, 9.17) is 0 Å². The number of rotatable bonds is 1. The number of hydrogen-bond acceptors (Lipinski definition) is 3. The third-order valence-corrected chi connectivity index (χ3v) is 2.87. The van der Waals surface area contributed by atoms with Gasteiger partial charge in [0, 0.05) is 14.1 Å². The van der Waals surface area contributed by atoms with E-state index in [1.165, 1.54) is 4.70 Å². The van der Waals surface area contributed by atoms with Gasteiger partial charge in [0.2, 0.25) is 0 Å². The lowest BCUT2D eigenvalue weighted by molar-refractivity contribution is 1.11. The van der Waals surface area contributed by atoms with E-state index in [0.29, 0.717) is 0 Å². The van der Waals surface area contributed by atoms with Gasteiger partial charge in [-0.3, -0.25) is 0 Å². The van der Waals surface area contributed by atoms with Crippen molar-refractivity contribution in [2.75, 3.05) is 19.0 Å². The number of aromatic nitrogens is 1. The van der Waals surface area contributed by atoms with Gasteiger partial charge in [-0.25, -0.2) is 4.98 Å². The second-order valence-electron chi connectivity index (χ2n) is 2.86. The van der Waals surface area contributed by atoms with Crippen molar-refractivity contribution in [3.05, 3.63) is 24.3 Å². The lowest BCUT2D eigenvalue weighted by Gasteiger charge is -2.04. The highest BCUT2D eigenvalue weighted by Gasteiger charge is 2.02. The first kappa shape index (κ1) is 7.55. The highest BCUT2D eigenvalue weighted by molar-refractivity contribution is 7.22. The molecule has 0 N–H and O–H groups in total. The molecule has 1 aromatic heterocycles. The van der Waals surface area contributed by atoms with E-state index in [9.17, 15) is 0 Å². The molecule has 0 aliphatic heterocycles. The van der Waals surface area contributed by atoms with Crippen LogP contribution in [-0.4, -0.2) is 19.1 Å². The van der Waals surface area contributed by atoms with Crippen LogP contribution >= 0.6 is 11.3 Å². The number of nitrogens with zero attached hydrogens (tertiary/aromatic N) is 2. The summed E-state index contributed by atoms with van der Waals surface area (Å²) in [5.41, 5.74) is 1.09. The molecule has 0 fully saturated rings. The molecule has 0 saturated heterocycles. The van der Waals surface area contributed by atoms with Crippen molar-refractivity contribution in [1.29, 1.82) is 0 Å². The van der Waals surface area contributed by atoms with Crippen LogP contribution in [0.4, 0.5) is 5.13 Å². The Morgan fingerprint density at radius 1 is 1.25 bits per heavy atom. The summed E-state index contributed by atoms with van der Waals surface area (Å²) in [5.74, 6) is 0. The van der Waals surface area contributed by atoms with Crippen LogP contribution in [0, 0.1) is 0 Å². The second kappa shape index (κ2) is 2.75. The van der Waals surface area contributed by atoms with Gasteiger partial charge in [0.1, 0.15) is 0 Å². The van der Waals surface area contributed by atoms with E-state index in [1.807, 2.05) is 37.2 Å². The number of hydrogen-bond donors (Lipinski definition) is 0. The highest BCUT2D eigenvalue weighted by atomic mass is 32.1. The predicted molar refractivity (Wildman–Crippen MR) is 53.9 cm³/mol. The van der Waals surface area contributed by atoms with Crippen LogP contribution in [-0.2, 0) is 0 Å². The van der Waals surface area contributed by atoms with Crippen LogP contribution < -0.4 is 4.90 Å². The Labute approximate surface area is 75.5 Å². The molecule has 2 nitrogen and oxygen atoms in total. The van der Waals surface area contributed by atoms with Crippen LogP contribution in [0.5, 0.6) is 0 Å². The number of para-hydroxylation sites is 1. The maximum atomic E-state index is 4.46. The zero-order valence-corrected chi connectivity index (χ0v) is 7.93. The first-order valence-corrected chi connectivity index (χ1v) is 4.62. The summed E-state index contributed by atoms with van der Waals surface area (Å²) >= 11 is 1.72. The van der Waals surface area contributed by atoms with Gasteiger partial charge in [0.25, 0.3) is 0 Å². The summed E-state index contributed by atoms with van der Waals surface area (Å²) in [6.45, 7) is 0. The van der Waals surface area contributed by atoms with Crippen molar-refractivity contribution >= 4 is 26.7 Å². The Morgan fingerprint density at radius 3 is 2.67 bits per heavy atom. The van der Waals surface area contributed by atoms with E-state index in [1.54, 1.807) is 11.3 Å². The van der Waals surface area contributed by atoms with Crippen LogP contribution in [0.2, 0.25) is 0 Å². The molecule has 2 aromatic rings.